The molecule has 0 bridgehead atoms. The Morgan fingerprint density at radius 3 is 2.47 bits per heavy atom. The van der Waals surface area contributed by atoms with E-state index in [-0.39, 0.29) is 10.9 Å². The number of hydrogen-bond acceptors (Lipinski definition) is 5. The van der Waals surface area contributed by atoms with Gasteiger partial charge in [0.15, 0.2) is 0 Å². The predicted octanol–water partition coefficient (Wildman–Crippen LogP) is 2.29. The molecule has 2 aromatic rings. The normalized spacial score (nSPS) is 11.7. The summed E-state index contributed by atoms with van der Waals surface area (Å²) in [5, 5.41) is 6.39. The summed E-state index contributed by atoms with van der Waals surface area (Å²) in [6.07, 6.45) is 0. The maximum Gasteiger partial charge on any atom is 0.363 e. The van der Waals surface area contributed by atoms with Crippen LogP contribution in [0, 0.1) is 0 Å². The lowest BCUT2D eigenvalue weighted by Crippen LogP contribution is -1.97. The van der Waals surface area contributed by atoms with Crippen molar-refractivity contribution in [2.75, 3.05) is 0 Å². The highest BCUT2D eigenvalue weighted by Gasteiger charge is 2.20. The molecule has 0 aliphatic carbocycles. The van der Waals surface area contributed by atoms with E-state index in [1.54, 1.807) is 0 Å². The van der Waals surface area contributed by atoms with Crippen LogP contribution < -0.4 is 0 Å². The third-order valence-electron chi connectivity index (χ3n) is 1.79. The molecule has 0 unspecified atom stereocenters. The van der Waals surface area contributed by atoms with Gasteiger partial charge in [-0.2, -0.15) is 8.42 Å². The third kappa shape index (κ3) is 2.58. The predicted molar refractivity (Wildman–Crippen MR) is 59.6 cm³/mol. The lowest BCUT2D eigenvalue weighted by molar-refractivity contribution is 0.397. The van der Waals surface area contributed by atoms with Crippen LogP contribution in [0.2, 0.25) is 10.0 Å². The Morgan fingerprint density at radius 1 is 1.24 bits per heavy atom. The van der Waals surface area contributed by atoms with Gasteiger partial charge in [-0.3, -0.25) is 4.55 Å². The summed E-state index contributed by atoms with van der Waals surface area (Å²) >= 11 is 11.6. The molecule has 9 heteroatoms. The van der Waals surface area contributed by atoms with Crippen LogP contribution in [0.1, 0.15) is 0 Å². The van der Waals surface area contributed by atoms with Crippen LogP contribution in [-0.2, 0) is 10.1 Å². The van der Waals surface area contributed by atoms with Crippen molar-refractivity contribution < 1.29 is 17.4 Å². The van der Waals surface area contributed by atoms with E-state index < -0.39 is 15.3 Å². The molecule has 0 saturated heterocycles. The Balaban J connectivity index is 2.51. The van der Waals surface area contributed by atoms with Crippen LogP contribution >= 0.6 is 23.2 Å². The number of aromatic nitrogens is 2. The van der Waals surface area contributed by atoms with Crippen molar-refractivity contribution in [1.29, 1.82) is 0 Å². The number of hydrogen-bond donors (Lipinski definition) is 1. The van der Waals surface area contributed by atoms with E-state index in [0.29, 0.717) is 10.6 Å². The van der Waals surface area contributed by atoms with Gasteiger partial charge in [0.05, 0.1) is 10.6 Å². The average Bonchev–Trinajstić information content (AvgIpc) is 2.65. The molecule has 17 heavy (non-hydrogen) atoms. The summed E-state index contributed by atoms with van der Waals surface area (Å²) in [6, 6.07) is 4.46. The van der Waals surface area contributed by atoms with E-state index in [0.717, 1.165) is 0 Å². The molecule has 0 fully saturated rings. The number of benzene rings is 1. The van der Waals surface area contributed by atoms with Crippen LogP contribution in [-0.4, -0.2) is 23.2 Å². The van der Waals surface area contributed by atoms with Crippen LogP contribution in [0.3, 0.4) is 0 Å². The van der Waals surface area contributed by atoms with Gasteiger partial charge in [-0.05, 0) is 18.2 Å². The Morgan fingerprint density at radius 2 is 1.94 bits per heavy atom. The van der Waals surface area contributed by atoms with Crippen LogP contribution in [0.5, 0.6) is 0 Å². The zero-order valence-electron chi connectivity index (χ0n) is 7.96. The molecule has 0 amide bonds. The largest absolute Gasteiger partial charge is 0.406 e. The maximum absolute atomic E-state index is 10.7. The second kappa shape index (κ2) is 4.26. The number of nitrogens with zero attached hydrogens (tertiary/aromatic N) is 2. The van der Waals surface area contributed by atoms with Gasteiger partial charge in [0.1, 0.15) is 0 Å². The van der Waals surface area contributed by atoms with Gasteiger partial charge in [0.2, 0.25) is 5.89 Å². The molecular formula is C8H4Cl2N2O4S. The molecular weight excluding hydrogens is 291 g/mol. The minimum Gasteiger partial charge on any atom is -0.406 e. The second-order valence-corrected chi connectivity index (χ2v) is 5.12. The van der Waals surface area contributed by atoms with E-state index in [1.165, 1.54) is 18.2 Å². The minimum atomic E-state index is -4.52. The molecule has 0 atom stereocenters. The summed E-state index contributed by atoms with van der Waals surface area (Å²) in [4.78, 5) is 0. The van der Waals surface area contributed by atoms with Gasteiger partial charge < -0.3 is 4.42 Å². The minimum absolute atomic E-state index is 0.126. The Bertz CT molecular complexity index is 668. The van der Waals surface area contributed by atoms with E-state index in [9.17, 15) is 8.42 Å². The first-order chi connectivity index (χ1) is 7.88. The molecule has 1 N–H and O–H groups in total. The molecule has 1 heterocycles. The van der Waals surface area contributed by atoms with Gasteiger partial charge in [-0.1, -0.05) is 28.3 Å². The fraction of sp³-hybridized carbons (Fsp3) is 0. The SMILES string of the molecule is O=S(=O)(O)c1nnc(-c2ccc(Cl)cc2Cl)o1. The fourth-order valence-corrected chi connectivity index (χ4v) is 1.90. The summed E-state index contributed by atoms with van der Waals surface area (Å²) in [6.45, 7) is 0. The molecule has 90 valence electrons. The van der Waals surface area contributed by atoms with Gasteiger partial charge in [0.25, 0.3) is 0 Å². The van der Waals surface area contributed by atoms with E-state index >= 15 is 0 Å². The molecule has 0 aliphatic rings. The van der Waals surface area contributed by atoms with E-state index in [1.807, 2.05) is 0 Å². The molecule has 2 rings (SSSR count). The van der Waals surface area contributed by atoms with Crippen LogP contribution in [0.4, 0.5) is 0 Å². The number of halogens is 2. The van der Waals surface area contributed by atoms with Crippen molar-refractivity contribution in [2.24, 2.45) is 0 Å². The Hall–Kier alpha value is -1.15. The van der Waals surface area contributed by atoms with Crippen molar-refractivity contribution in [3.63, 3.8) is 0 Å². The molecule has 0 radical (unpaired) electrons. The highest BCUT2D eigenvalue weighted by atomic mass is 35.5. The molecule has 0 spiro atoms. The zero-order valence-corrected chi connectivity index (χ0v) is 10.3. The lowest BCUT2D eigenvalue weighted by Gasteiger charge is -1.98. The first-order valence-corrected chi connectivity index (χ1v) is 6.34. The van der Waals surface area contributed by atoms with E-state index in [2.05, 4.69) is 10.2 Å². The topological polar surface area (TPSA) is 93.3 Å². The van der Waals surface area contributed by atoms with E-state index in [4.69, 9.17) is 32.2 Å². The van der Waals surface area contributed by atoms with Gasteiger partial charge in [-0.15, -0.1) is 5.10 Å². The first-order valence-electron chi connectivity index (χ1n) is 4.14. The number of rotatable bonds is 2. The van der Waals surface area contributed by atoms with Crippen LogP contribution in [0.15, 0.2) is 27.8 Å². The second-order valence-electron chi connectivity index (χ2n) is 2.97. The summed E-state index contributed by atoms with van der Waals surface area (Å²) in [5.74, 6) is -0.126. The monoisotopic (exact) mass is 294 g/mol. The summed E-state index contributed by atoms with van der Waals surface area (Å²) < 4.78 is 34.9. The summed E-state index contributed by atoms with van der Waals surface area (Å²) in [5.41, 5.74) is 0.318. The lowest BCUT2D eigenvalue weighted by atomic mass is 10.2. The first kappa shape index (κ1) is 12.3. The van der Waals surface area contributed by atoms with Crippen molar-refractivity contribution in [1.82, 2.24) is 10.2 Å². The Labute approximate surface area is 106 Å². The van der Waals surface area contributed by atoms with Gasteiger partial charge in [-0.25, -0.2) is 0 Å². The van der Waals surface area contributed by atoms with Crippen molar-refractivity contribution in [2.45, 2.75) is 5.22 Å². The smallest absolute Gasteiger partial charge is 0.363 e. The highest BCUT2D eigenvalue weighted by Crippen LogP contribution is 2.29. The molecule has 0 saturated carbocycles. The van der Waals surface area contributed by atoms with Crippen molar-refractivity contribution >= 4 is 33.3 Å². The quantitative estimate of drug-likeness (QED) is 0.854. The Kier molecular flexibility index (Phi) is 3.09. The summed E-state index contributed by atoms with van der Waals surface area (Å²) in [7, 11) is -4.52. The third-order valence-corrected chi connectivity index (χ3v) is 2.94. The van der Waals surface area contributed by atoms with Crippen molar-refractivity contribution in [3.8, 4) is 11.5 Å². The molecule has 1 aromatic heterocycles. The molecule has 0 aliphatic heterocycles. The molecule has 6 nitrogen and oxygen atoms in total. The van der Waals surface area contributed by atoms with Gasteiger partial charge in [0, 0.05) is 5.02 Å². The average molecular weight is 295 g/mol. The zero-order chi connectivity index (χ0) is 12.6. The van der Waals surface area contributed by atoms with Crippen LogP contribution in [0.25, 0.3) is 11.5 Å². The molecule has 1 aromatic carbocycles. The maximum atomic E-state index is 10.7. The van der Waals surface area contributed by atoms with Crippen molar-refractivity contribution in [3.05, 3.63) is 28.2 Å². The fourth-order valence-electron chi connectivity index (χ4n) is 1.09. The van der Waals surface area contributed by atoms with Gasteiger partial charge >= 0.3 is 15.3 Å². The highest BCUT2D eigenvalue weighted by molar-refractivity contribution is 7.85. The standard InChI is InChI=1S/C8H4Cl2N2O4S/c9-4-1-2-5(6(10)3-4)7-11-12-8(16-7)17(13,14)15/h1-3H,(H,13,14,15).